The maximum atomic E-state index is 11.8. The highest BCUT2D eigenvalue weighted by Crippen LogP contribution is 2.21. The lowest BCUT2D eigenvalue weighted by Gasteiger charge is -2.22. The van der Waals surface area contributed by atoms with Crippen LogP contribution in [0.2, 0.25) is 0 Å². The normalized spacial score (nSPS) is 17.3. The first kappa shape index (κ1) is 19.8. The van der Waals surface area contributed by atoms with Crippen molar-refractivity contribution in [2.24, 2.45) is 0 Å². The highest BCUT2D eigenvalue weighted by Gasteiger charge is 2.14. The topological polar surface area (TPSA) is 62.6 Å². The van der Waals surface area contributed by atoms with Gasteiger partial charge >= 0.3 is 5.97 Å². The summed E-state index contributed by atoms with van der Waals surface area (Å²) in [5, 5.41) is 5.72. The van der Waals surface area contributed by atoms with E-state index in [1.54, 1.807) is 6.07 Å². The molecule has 6 heteroatoms. The van der Waals surface area contributed by atoms with Gasteiger partial charge in [-0.25, -0.2) is 4.79 Å². The van der Waals surface area contributed by atoms with Crippen molar-refractivity contribution in [2.75, 3.05) is 20.3 Å². The number of nitrogens with zero attached hydrogens (tertiary/aromatic N) is 2. The molecule has 0 radical (unpaired) electrons. The number of benzene rings is 1. The van der Waals surface area contributed by atoms with Crippen molar-refractivity contribution in [3.63, 3.8) is 0 Å². The molecule has 1 aromatic heterocycles. The van der Waals surface area contributed by atoms with Gasteiger partial charge in [-0.3, -0.25) is 4.68 Å². The molecule has 0 N–H and O–H groups in total. The molecule has 1 aliphatic rings. The number of aromatic nitrogens is 2. The minimum Gasteiger partial charge on any atom is -0.465 e. The maximum Gasteiger partial charge on any atom is 0.337 e. The van der Waals surface area contributed by atoms with Gasteiger partial charge in [0.25, 0.3) is 0 Å². The second-order valence-corrected chi connectivity index (χ2v) is 7.11. The third-order valence-corrected chi connectivity index (χ3v) is 5.06. The van der Waals surface area contributed by atoms with E-state index in [0.717, 1.165) is 74.9 Å². The van der Waals surface area contributed by atoms with E-state index in [2.05, 4.69) is 5.10 Å². The van der Waals surface area contributed by atoms with Gasteiger partial charge in [0, 0.05) is 25.1 Å². The number of hydrogen-bond donors (Lipinski definition) is 0. The molecule has 2 aromatic rings. The van der Waals surface area contributed by atoms with Crippen molar-refractivity contribution in [1.82, 2.24) is 9.78 Å². The van der Waals surface area contributed by atoms with Crippen LogP contribution in [0.4, 0.5) is 0 Å². The predicted octanol–water partition coefficient (Wildman–Crippen LogP) is 4.23. The fourth-order valence-electron chi connectivity index (χ4n) is 3.53. The lowest BCUT2D eigenvalue weighted by Crippen LogP contribution is -2.22. The number of fused-ring (bicyclic) bond motifs is 1. The van der Waals surface area contributed by atoms with Crippen molar-refractivity contribution in [1.29, 1.82) is 0 Å². The highest BCUT2D eigenvalue weighted by atomic mass is 16.7. The first-order valence-corrected chi connectivity index (χ1v) is 9.97. The molecule has 1 fully saturated rings. The van der Waals surface area contributed by atoms with Crippen LogP contribution in [0.15, 0.2) is 18.2 Å². The highest BCUT2D eigenvalue weighted by molar-refractivity contribution is 5.95. The molecular weight excluding hydrogens is 344 g/mol. The molecule has 27 heavy (non-hydrogen) atoms. The summed E-state index contributed by atoms with van der Waals surface area (Å²) in [6.45, 7) is 4.46. The first-order chi connectivity index (χ1) is 13.2. The Bertz CT molecular complexity index is 750. The Morgan fingerprint density at radius 2 is 2.11 bits per heavy atom. The van der Waals surface area contributed by atoms with Crippen LogP contribution >= 0.6 is 0 Å². The van der Waals surface area contributed by atoms with Gasteiger partial charge in [0.05, 0.1) is 23.9 Å². The van der Waals surface area contributed by atoms with Crippen LogP contribution in [0.1, 0.15) is 61.0 Å². The van der Waals surface area contributed by atoms with Crippen molar-refractivity contribution in [3.05, 3.63) is 29.5 Å². The summed E-state index contributed by atoms with van der Waals surface area (Å²) in [4.78, 5) is 11.8. The Morgan fingerprint density at radius 1 is 1.26 bits per heavy atom. The monoisotopic (exact) mass is 374 g/mol. The standard InChI is InChI=1S/C21H30N2O4/c1-16-18-11-10-17(21(24)25-2)15-19(18)23(22-16)12-6-3-4-7-13-26-20-9-5-8-14-27-20/h10-11,15,20H,3-9,12-14H2,1-2H3. The average molecular weight is 374 g/mol. The molecule has 1 saturated heterocycles. The number of aryl methyl sites for hydroxylation is 2. The van der Waals surface area contributed by atoms with E-state index in [1.807, 2.05) is 23.7 Å². The molecular formula is C21H30N2O4. The molecule has 0 aliphatic carbocycles. The lowest BCUT2D eigenvalue weighted by molar-refractivity contribution is -0.162. The van der Waals surface area contributed by atoms with Gasteiger partial charge < -0.3 is 14.2 Å². The molecule has 1 aliphatic heterocycles. The molecule has 0 saturated carbocycles. The van der Waals surface area contributed by atoms with E-state index in [0.29, 0.717) is 5.56 Å². The molecule has 3 rings (SSSR count). The smallest absolute Gasteiger partial charge is 0.337 e. The molecule has 6 nitrogen and oxygen atoms in total. The van der Waals surface area contributed by atoms with Crippen LogP contribution in [0.5, 0.6) is 0 Å². The van der Waals surface area contributed by atoms with E-state index < -0.39 is 0 Å². The van der Waals surface area contributed by atoms with Crippen LogP contribution < -0.4 is 0 Å². The van der Waals surface area contributed by atoms with Gasteiger partial charge in [-0.05, 0) is 51.2 Å². The van der Waals surface area contributed by atoms with Crippen molar-refractivity contribution in [2.45, 2.75) is 64.7 Å². The molecule has 1 aromatic carbocycles. The number of carbonyl (C=O) groups excluding carboxylic acids is 1. The number of unbranched alkanes of at least 4 members (excludes halogenated alkanes) is 3. The second kappa shape index (κ2) is 9.85. The number of rotatable bonds is 9. The summed E-state index contributed by atoms with van der Waals surface area (Å²) in [5.41, 5.74) is 2.55. The predicted molar refractivity (Wildman–Crippen MR) is 104 cm³/mol. The fraction of sp³-hybridized carbons (Fsp3) is 0.619. The molecule has 0 amide bonds. The van der Waals surface area contributed by atoms with Crippen LogP contribution in [0.3, 0.4) is 0 Å². The minimum absolute atomic E-state index is 0.0150. The quantitative estimate of drug-likeness (QED) is 0.485. The summed E-state index contributed by atoms with van der Waals surface area (Å²) in [7, 11) is 1.40. The Balaban J connectivity index is 1.43. The van der Waals surface area contributed by atoms with Crippen molar-refractivity contribution in [3.8, 4) is 0 Å². The minimum atomic E-state index is -0.316. The Kier molecular flexibility index (Phi) is 7.24. The molecule has 0 bridgehead atoms. The zero-order valence-corrected chi connectivity index (χ0v) is 16.4. The Morgan fingerprint density at radius 3 is 2.89 bits per heavy atom. The van der Waals surface area contributed by atoms with Gasteiger partial charge in [0.1, 0.15) is 0 Å². The fourth-order valence-corrected chi connectivity index (χ4v) is 3.53. The van der Waals surface area contributed by atoms with E-state index in [4.69, 9.17) is 14.2 Å². The van der Waals surface area contributed by atoms with Crippen LogP contribution in [-0.2, 0) is 20.8 Å². The van der Waals surface area contributed by atoms with E-state index in [1.165, 1.54) is 13.5 Å². The second-order valence-electron chi connectivity index (χ2n) is 7.11. The molecule has 2 heterocycles. The summed E-state index contributed by atoms with van der Waals surface area (Å²) >= 11 is 0. The third-order valence-electron chi connectivity index (χ3n) is 5.06. The SMILES string of the molecule is COC(=O)c1ccc2c(C)nn(CCCCCCOC3CCCCO3)c2c1. The first-order valence-electron chi connectivity index (χ1n) is 9.97. The Hall–Kier alpha value is -1.92. The summed E-state index contributed by atoms with van der Waals surface area (Å²) in [6.07, 6.45) is 7.79. The van der Waals surface area contributed by atoms with E-state index in [-0.39, 0.29) is 12.3 Å². The molecule has 0 spiro atoms. The van der Waals surface area contributed by atoms with Crippen LogP contribution in [0.25, 0.3) is 10.9 Å². The van der Waals surface area contributed by atoms with Gasteiger partial charge in [0.15, 0.2) is 6.29 Å². The lowest BCUT2D eigenvalue weighted by atomic mass is 10.1. The zero-order chi connectivity index (χ0) is 19.1. The maximum absolute atomic E-state index is 11.8. The van der Waals surface area contributed by atoms with Gasteiger partial charge in [-0.1, -0.05) is 18.9 Å². The molecule has 1 atom stereocenters. The number of ether oxygens (including phenoxy) is 3. The average Bonchev–Trinajstić information content (AvgIpc) is 3.02. The largest absolute Gasteiger partial charge is 0.465 e. The zero-order valence-electron chi connectivity index (χ0n) is 16.4. The van der Waals surface area contributed by atoms with Crippen LogP contribution in [0, 0.1) is 6.92 Å². The molecule has 1 unspecified atom stereocenters. The summed E-state index contributed by atoms with van der Waals surface area (Å²) in [6, 6.07) is 5.62. The number of methoxy groups -OCH3 is 1. The van der Waals surface area contributed by atoms with Gasteiger partial charge in [-0.15, -0.1) is 0 Å². The number of esters is 1. The van der Waals surface area contributed by atoms with E-state index in [9.17, 15) is 4.79 Å². The van der Waals surface area contributed by atoms with Crippen molar-refractivity contribution >= 4 is 16.9 Å². The van der Waals surface area contributed by atoms with Crippen molar-refractivity contribution < 1.29 is 19.0 Å². The number of hydrogen-bond acceptors (Lipinski definition) is 5. The third kappa shape index (κ3) is 5.30. The molecule has 148 valence electrons. The Labute approximate surface area is 160 Å². The van der Waals surface area contributed by atoms with Crippen LogP contribution in [-0.4, -0.2) is 42.4 Å². The number of carbonyl (C=O) groups is 1. The van der Waals surface area contributed by atoms with E-state index >= 15 is 0 Å². The van der Waals surface area contributed by atoms with Gasteiger partial charge in [-0.2, -0.15) is 5.10 Å². The summed E-state index contributed by atoms with van der Waals surface area (Å²) < 4.78 is 18.2. The summed E-state index contributed by atoms with van der Waals surface area (Å²) in [5.74, 6) is -0.316. The van der Waals surface area contributed by atoms with Gasteiger partial charge in [0.2, 0.25) is 0 Å².